The molecular formula is C35H66O2Si. The summed E-state index contributed by atoms with van der Waals surface area (Å²) >= 11 is 0. The smallest absolute Gasteiger partial charge is 0.191 e. The quantitative estimate of drug-likeness (QED) is 0.118. The zero-order chi connectivity index (χ0) is 28.8. The van der Waals surface area contributed by atoms with E-state index in [1.165, 1.54) is 38.5 Å². The van der Waals surface area contributed by atoms with Crippen molar-refractivity contribution < 1.29 is 9.53 Å². The highest BCUT2D eigenvalue weighted by Gasteiger charge is 2.60. The van der Waals surface area contributed by atoms with Crippen LogP contribution in [-0.2, 0) is 4.43 Å². The van der Waals surface area contributed by atoms with Gasteiger partial charge in [-0.25, -0.2) is 0 Å². The van der Waals surface area contributed by atoms with Gasteiger partial charge in [0, 0.05) is 6.61 Å². The minimum atomic E-state index is -1.68. The van der Waals surface area contributed by atoms with Gasteiger partial charge in [-0.2, -0.15) is 0 Å². The maximum absolute atomic E-state index is 12.4. The zero-order valence-corrected chi connectivity index (χ0v) is 28.1. The third kappa shape index (κ3) is 8.09. The molecule has 2 aliphatic rings. The fraction of sp³-hybridized carbons (Fsp3) is 0.886. The SMILES string of the molecule is C=CC[C@]1(O)C(CCC(C=C)CCCO[Si](C)(C)C(C)(C)C)CC[C@]2(C)[C@@H]([C@H](C)CCCC(C)C)CC[C@H]21. The van der Waals surface area contributed by atoms with Crippen LogP contribution < -0.4 is 0 Å². The molecule has 2 rings (SSSR count). The molecule has 0 bridgehead atoms. The molecule has 38 heavy (non-hydrogen) atoms. The minimum absolute atomic E-state index is 0.265. The monoisotopic (exact) mass is 546 g/mol. The van der Waals surface area contributed by atoms with Gasteiger partial charge < -0.3 is 9.53 Å². The third-order valence-electron chi connectivity index (χ3n) is 11.6. The van der Waals surface area contributed by atoms with Crippen molar-refractivity contribution in [3.05, 3.63) is 25.3 Å². The van der Waals surface area contributed by atoms with Crippen LogP contribution in [0.2, 0.25) is 18.1 Å². The molecule has 2 fully saturated rings. The van der Waals surface area contributed by atoms with Crippen molar-refractivity contribution in [2.45, 2.75) is 149 Å². The van der Waals surface area contributed by atoms with Gasteiger partial charge in [-0.1, -0.05) is 79.9 Å². The number of hydrogen-bond donors (Lipinski definition) is 1. The Bertz CT molecular complexity index is 737. The summed E-state index contributed by atoms with van der Waals surface area (Å²) in [6.45, 7) is 30.5. The highest BCUT2D eigenvalue weighted by molar-refractivity contribution is 6.74. The Labute approximate surface area is 239 Å². The Balaban J connectivity index is 1.98. The average molecular weight is 547 g/mol. The van der Waals surface area contributed by atoms with Crippen LogP contribution in [0.4, 0.5) is 0 Å². The minimum Gasteiger partial charge on any atom is -0.417 e. The molecule has 2 unspecified atom stereocenters. The second-order valence-corrected chi connectivity index (χ2v) is 20.4. The molecule has 1 N–H and O–H groups in total. The Hall–Kier alpha value is -0.383. The molecule has 2 saturated carbocycles. The highest BCUT2D eigenvalue weighted by Crippen LogP contribution is 2.63. The lowest BCUT2D eigenvalue weighted by atomic mass is 9.53. The lowest BCUT2D eigenvalue weighted by Crippen LogP contribution is -2.55. The predicted molar refractivity (Wildman–Crippen MR) is 170 cm³/mol. The van der Waals surface area contributed by atoms with E-state index in [9.17, 15) is 5.11 Å². The molecular weight excluding hydrogens is 480 g/mol. The highest BCUT2D eigenvalue weighted by atomic mass is 28.4. The molecule has 0 spiro atoms. The number of aliphatic hydroxyl groups is 1. The lowest BCUT2D eigenvalue weighted by molar-refractivity contribution is -0.148. The topological polar surface area (TPSA) is 29.5 Å². The summed E-state index contributed by atoms with van der Waals surface area (Å²) < 4.78 is 6.43. The second kappa shape index (κ2) is 14.0. The van der Waals surface area contributed by atoms with Crippen molar-refractivity contribution in [2.24, 2.45) is 40.9 Å². The van der Waals surface area contributed by atoms with Gasteiger partial charge >= 0.3 is 0 Å². The molecule has 0 aromatic rings. The van der Waals surface area contributed by atoms with Gasteiger partial charge in [0.05, 0.1) is 5.60 Å². The van der Waals surface area contributed by atoms with Crippen molar-refractivity contribution in [1.82, 2.24) is 0 Å². The molecule has 0 aromatic heterocycles. The van der Waals surface area contributed by atoms with E-state index in [-0.39, 0.29) is 10.5 Å². The summed E-state index contributed by atoms with van der Waals surface area (Å²) in [5.41, 5.74) is -0.331. The Morgan fingerprint density at radius 2 is 1.68 bits per heavy atom. The van der Waals surface area contributed by atoms with Crippen molar-refractivity contribution in [1.29, 1.82) is 0 Å². The average Bonchev–Trinajstić information content (AvgIpc) is 3.17. The Morgan fingerprint density at radius 1 is 1.00 bits per heavy atom. The first-order valence-corrected chi connectivity index (χ1v) is 19.1. The molecule has 222 valence electrons. The summed E-state index contributed by atoms with van der Waals surface area (Å²) in [4.78, 5) is 0. The van der Waals surface area contributed by atoms with Gasteiger partial charge in [0.1, 0.15) is 0 Å². The zero-order valence-electron chi connectivity index (χ0n) is 27.1. The predicted octanol–water partition coefficient (Wildman–Crippen LogP) is 10.6. The number of hydrogen-bond acceptors (Lipinski definition) is 2. The molecule has 0 aliphatic heterocycles. The lowest BCUT2D eigenvalue weighted by Gasteiger charge is -2.55. The van der Waals surface area contributed by atoms with Gasteiger partial charge in [-0.3, -0.25) is 0 Å². The molecule has 2 nitrogen and oxygen atoms in total. The van der Waals surface area contributed by atoms with E-state index < -0.39 is 13.9 Å². The Kier molecular flexibility index (Phi) is 12.5. The van der Waals surface area contributed by atoms with Gasteiger partial charge in [-0.15, -0.1) is 13.2 Å². The third-order valence-corrected chi connectivity index (χ3v) is 16.1. The normalized spacial score (nSPS) is 31.7. The van der Waals surface area contributed by atoms with E-state index in [0.29, 0.717) is 17.8 Å². The fourth-order valence-corrected chi connectivity index (χ4v) is 9.15. The maximum Gasteiger partial charge on any atom is 0.191 e. The van der Waals surface area contributed by atoms with Crippen molar-refractivity contribution in [3.8, 4) is 0 Å². The van der Waals surface area contributed by atoms with Crippen LogP contribution in [0.5, 0.6) is 0 Å². The van der Waals surface area contributed by atoms with E-state index in [2.05, 4.69) is 80.8 Å². The first-order valence-electron chi connectivity index (χ1n) is 16.2. The van der Waals surface area contributed by atoms with Crippen LogP contribution in [0.3, 0.4) is 0 Å². The molecule has 2 aliphatic carbocycles. The molecule has 0 heterocycles. The van der Waals surface area contributed by atoms with Gasteiger partial charge in [-0.05, 0) is 117 Å². The Morgan fingerprint density at radius 3 is 2.26 bits per heavy atom. The van der Waals surface area contributed by atoms with Crippen LogP contribution in [0.1, 0.15) is 126 Å². The van der Waals surface area contributed by atoms with E-state index >= 15 is 0 Å². The molecule has 0 amide bonds. The van der Waals surface area contributed by atoms with Crippen molar-refractivity contribution in [2.75, 3.05) is 6.61 Å². The van der Waals surface area contributed by atoms with Crippen molar-refractivity contribution >= 4 is 8.32 Å². The number of fused-ring (bicyclic) bond motifs is 1. The maximum atomic E-state index is 12.4. The van der Waals surface area contributed by atoms with Gasteiger partial charge in [0.15, 0.2) is 8.32 Å². The largest absolute Gasteiger partial charge is 0.417 e. The van der Waals surface area contributed by atoms with Crippen LogP contribution in [0, 0.1) is 40.9 Å². The molecule has 0 saturated heterocycles. The van der Waals surface area contributed by atoms with Gasteiger partial charge in [0.2, 0.25) is 0 Å². The number of rotatable bonds is 16. The first kappa shape index (κ1) is 33.8. The van der Waals surface area contributed by atoms with E-state index in [4.69, 9.17) is 4.43 Å². The summed E-state index contributed by atoms with van der Waals surface area (Å²) in [7, 11) is -1.68. The van der Waals surface area contributed by atoms with Crippen molar-refractivity contribution in [3.63, 3.8) is 0 Å². The van der Waals surface area contributed by atoms with Crippen LogP contribution >= 0.6 is 0 Å². The second-order valence-electron chi connectivity index (χ2n) is 15.6. The summed E-state index contributed by atoms with van der Waals surface area (Å²) in [6.07, 6.45) is 18.3. The molecule has 3 heteroatoms. The molecule has 0 radical (unpaired) electrons. The van der Waals surface area contributed by atoms with E-state index in [0.717, 1.165) is 62.9 Å². The summed E-state index contributed by atoms with van der Waals surface area (Å²) in [5, 5.41) is 12.6. The summed E-state index contributed by atoms with van der Waals surface area (Å²) in [6, 6.07) is 0. The fourth-order valence-electron chi connectivity index (χ4n) is 8.07. The molecule has 7 atom stereocenters. The first-order chi connectivity index (χ1) is 17.6. The summed E-state index contributed by atoms with van der Waals surface area (Å²) in [5.74, 6) is 3.60. The van der Waals surface area contributed by atoms with Crippen LogP contribution in [0.25, 0.3) is 0 Å². The number of allylic oxidation sites excluding steroid dienone is 1. The molecule has 0 aromatic carbocycles. The van der Waals surface area contributed by atoms with E-state index in [1.54, 1.807) is 0 Å². The van der Waals surface area contributed by atoms with Crippen LogP contribution in [0.15, 0.2) is 25.3 Å². The van der Waals surface area contributed by atoms with Crippen LogP contribution in [-0.4, -0.2) is 25.6 Å². The van der Waals surface area contributed by atoms with Gasteiger partial charge in [0.25, 0.3) is 0 Å². The standard InChI is InChI=1S/C35H66O2Si/c1-12-24-35(36)30(20-19-29(13-2)18-15-26-37-38(10,11)33(6,7)8)23-25-34(9)31(21-22-32(34)35)28(5)17-14-16-27(3)4/h12-13,27-32,36H,1-2,14-26H2,3-11H3/t28-,29?,30?,31-,32-,34-,35+/m1/s1. The van der Waals surface area contributed by atoms with E-state index in [1.807, 2.05) is 6.08 Å².